The fourth-order valence-electron chi connectivity index (χ4n) is 3.67. The van der Waals surface area contributed by atoms with Crippen LogP contribution in [-0.4, -0.2) is 47.0 Å². The molecule has 1 amide bonds. The molecule has 1 aromatic heterocycles. The molecule has 0 aliphatic carbocycles. The number of rotatable bonds is 4. The number of piperazine rings is 1. The van der Waals surface area contributed by atoms with Crippen molar-refractivity contribution in [3.05, 3.63) is 53.0 Å². The summed E-state index contributed by atoms with van der Waals surface area (Å²) in [5.74, 6) is 2.43. The van der Waals surface area contributed by atoms with Crippen molar-refractivity contribution in [3.63, 3.8) is 0 Å². The molecule has 1 aliphatic heterocycles. The smallest absolute Gasteiger partial charge is 0.227 e. The quantitative estimate of drug-likeness (QED) is 0.848. The van der Waals surface area contributed by atoms with Gasteiger partial charge in [0.2, 0.25) is 5.91 Å². The van der Waals surface area contributed by atoms with Crippen LogP contribution in [-0.2, 0) is 11.2 Å². The molecule has 5 heteroatoms. The Bertz CT molecular complexity index is 765. The van der Waals surface area contributed by atoms with E-state index in [4.69, 9.17) is 4.98 Å². The Morgan fingerprint density at radius 3 is 2.31 bits per heavy atom. The molecule has 3 rings (SSSR count). The summed E-state index contributed by atoms with van der Waals surface area (Å²) in [5.41, 5.74) is 3.36. The van der Waals surface area contributed by atoms with Crippen molar-refractivity contribution in [2.75, 3.05) is 31.1 Å². The van der Waals surface area contributed by atoms with Gasteiger partial charge in [0.05, 0.1) is 6.42 Å². The van der Waals surface area contributed by atoms with Crippen LogP contribution in [0.25, 0.3) is 0 Å². The maximum absolute atomic E-state index is 12.6. The lowest BCUT2D eigenvalue weighted by atomic mass is 10.0. The van der Waals surface area contributed by atoms with E-state index in [1.807, 2.05) is 42.2 Å². The molecule has 0 saturated carbocycles. The first kappa shape index (κ1) is 18.4. The van der Waals surface area contributed by atoms with Crippen LogP contribution < -0.4 is 4.90 Å². The molecule has 1 fully saturated rings. The molecule has 26 heavy (non-hydrogen) atoms. The molecule has 138 valence electrons. The van der Waals surface area contributed by atoms with E-state index in [1.165, 1.54) is 5.56 Å². The summed E-state index contributed by atoms with van der Waals surface area (Å²) in [6, 6.07) is 9.96. The van der Waals surface area contributed by atoms with Crippen molar-refractivity contribution >= 4 is 11.7 Å². The third-order valence-electron chi connectivity index (χ3n) is 4.94. The zero-order chi connectivity index (χ0) is 18.7. The first-order chi connectivity index (χ1) is 12.5. The van der Waals surface area contributed by atoms with E-state index in [0.29, 0.717) is 12.3 Å². The van der Waals surface area contributed by atoms with Crippen molar-refractivity contribution in [1.82, 2.24) is 14.9 Å². The maximum Gasteiger partial charge on any atom is 0.227 e. The Morgan fingerprint density at radius 2 is 1.69 bits per heavy atom. The third-order valence-corrected chi connectivity index (χ3v) is 4.94. The average molecular weight is 352 g/mol. The molecule has 0 N–H and O–H groups in total. The minimum Gasteiger partial charge on any atom is -0.353 e. The minimum absolute atomic E-state index is 0.204. The Kier molecular flexibility index (Phi) is 5.55. The number of amides is 1. The number of nitrogens with zero attached hydrogens (tertiary/aromatic N) is 4. The van der Waals surface area contributed by atoms with Crippen LogP contribution >= 0.6 is 0 Å². The van der Waals surface area contributed by atoms with E-state index in [2.05, 4.69) is 30.7 Å². The molecular formula is C21H28N4O. The number of aryl methyl sites for hydroxylation is 2. The lowest BCUT2D eigenvalue weighted by molar-refractivity contribution is -0.130. The van der Waals surface area contributed by atoms with Gasteiger partial charge in [-0.15, -0.1) is 0 Å². The summed E-state index contributed by atoms with van der Waals surface area (Å²) < 4.78 is 0. The van der Waals surface area contributed by atoms with Gasteiger partial charge < -0.3 is 9.80 Å². The maximum atomic E-state index is 12.6. The Morgan fingerprint density at radius 1 is 1.04 bits per heavy atom. The van der Waals surface area contributed by atoms with E-state index < -0.39 is 0 Å². The molecule has 0 bridgehead atoms. The lowest BCUT2D eigenvalue weighted by Gasteiger charge is -2.37. The van der Waals surface area contributed by atoms with Crippen molar-refractivity contribution in [1.29, 1.82) is 0 Å². The summed E-state index contributed by atoms with van der Waals surface area (Å²) in [4.78, 5) is 26.1. The second-order valence-electron chi connectivity index (χ2n) is 7.28. The summed E-state index contributed by atoms with van der Waals surface area (Å²) in [5, 5.41) is 0. The fourth-order valence-corrected chi connectivity index (χ4v) is 3.67. The minimum atomic E-state index is 0.204. The second kappa shape index (κ2) is 7.85. The number of carbonyl (C=O) groups excluding carboxylic acids is 1. The van der Waals surface area contributed by atoms with Gasteiger partial charge in [-0.2, -0.15) is 0 Å². The van der Waals surface area contributed by atoms with Gasteiger partial charge in [0.15, 0.2) is 0 Å². The van der Waals surface area contributed by atoms with Gasteiger partial charge in [-0.1, -0.05) is 44.2 Å². The van der Waals surface area contributed by atoms with Crippen LogP contribution in [0.5, 0.6) is 0 Å². The molecule has 0 unspecified atom stereocenters. The monoisotopic (exact) mass is 352 g/mol. The normalized spacial score (nSPS) is 14.8. The van der Waals surface area contributed by atoms with Crippen molar-refractivity contribution < 1.29 is 4.79 Å². The first-order valence-corrected chi connectivity index (χ1v) is 9.37. The standard InChI is InChI=1S/C21H28N4O/c1-15(2)20-16(3)22-17(4)23-21(20)25-12-10-24(11-13-25)19(26)14-18-8-6-5-7-9-18/h5-9,15H,10-14H2,1-4H3. The van der Waals surface area contributed by atoms with E-state index in [-0.39, 0.29) is 5.91 Å². The van der Waals surface area contributed by atoms with Gasteiger partial charge in [0.1, 0.15) is 11.6 Å². The highest BCUT2D eigenvalue weighted by Gasteiger charge is 2.25. The van der Waals surface area contributed by atoms with Crippen LogP contribution in [0.3, 0.4) is 0 Å². The summed E-state index contributed by atoms with van der Waals surface area (Å²) >= 11 is 0. The molecule has 1 aliphatic rings. The highest BCUT2D eigenvalue weighted by molar-refractivity contribution is 5.79. The number of aromatic nitrogens is 2. The Labute approximate surface area is 156 Å². The average Bonchev–Trinajstić information content (AvgIpc) is 2.61. The van der Waals surface area contributed by atoms with Gasteiger partial charge >= 0.3 is 0 Å². The molecule has 1 saturated heterocycles. The van der Waals surface area contributed by atoms with Crippen LogP contribution in [0.4, 0.5) is 5.82 Å². The molecule has 2 aromatic rings. The molecule has 0 atom stereocenters. The Hall–Kier alpha value is -2.43. The van der Waals surface area contributed by atoms with Gasteiger partial charge in [0, 0.05) is 37.4 Å². The van der Waals surface area contributed by atoms with Crippen LogP contribution in [0.2, 0.25) is 0 Å². The van der Waals surface area contributed by atoms with Gasteiger partial charge in [-0.3, -0.25) is 4.79 Å². The fraction of sp³-hybridized carbons (Fsp3) is 0.476. The number of hydrogen-bond donors (Lipinski definition) is 0. The van der Waals surface area contributed by atoms with E-state index in [0.717, 1.165) is 49.1 Å². The molecule has 1 aromatic carbocycles. The van der Waals surface area contributed by atoms with Gasteiger partial charge in [0.25, 0.3) is 0 Å². The highest BCUT2D eigenvalue weighted by Crippen LogP contribution is 2.28. The molecule has 2 heterocycles. The van der Waals surface area contributed by atoms with Gasteiger partial charge in [-0.25, -0.2) is 9.97 Å². The van der Waals surface area contributed by atoms with Crippen molar-refractivity contribution in [2.24, 2.45) is 0 Å². The van der Waals surface area contributed by atoms with E-state index in [1.54, 1.807) is 0 Å². The lowest BCUT2D eigenvalue weighted by Crippen LogP contribution is -2.49. The predicted octanol–water partition coefficient (Wildman–Crippen LogP) is 3.11. The largest absolute Gasteiger partial charge is 0.353 e. The summed E-state index contributed by atoms with van der Waals surface area (Å²) in [7, 11) is 0. The number of hydrogen-bond acceptors (Lipinski definition) is 4. The summed E-state index contributed by atoms with van der Waals surface area (Å²) in [6.07, 6.45) is 0.476. The molecule has 0 spiro atoms. The first-order valence-electron chi connectivity index (χ1n) is 9.37. The second-order valence-corrected chi connectivity index (χ2v) is 7.28. The van der Waals surface area contributed by atoms with Crippen molar-refractivity contribution in [3.8, 4) is 0 Å². The van der Waals surface area contributed by atoms with E-state index >= 15 is 0 Å². The zero-order valence-corrected chi connectivity index (χ0v) is 16.2. The molecular weight excluding hydrogens is 324 g/mol. The van der Waals surface area contributed by atoms with Crippen LogP contribution in [0, 0.1) is 13.8 Å². The van der Waals surface area contributed by atoms with Crippen LogP contribution in [0.1, 0.15) is 42.4 Å². The SMILES string of the molecule is Cc1nc(C)c(C(C)C)c(N2CCN(C(=O)Cc3ccccc3)CC2)n1. The van der Waals surface area contributed by atoms with Gasteiger partial charge in [-0.05, 0) is 25.3 Å². The summed E-state index contributed by atoms with van der Waals surface area (Å²) in [6.45, 7) is 11.5. The van der Waals surface area contributed by atoms with E-state index in [9.17, 15) is 4.79 Å². The number of benzene rings is 1. The Balaban J connectivity index is 1.68. The topological polar surface area (TPSA) is 49.3 Å². The molecule has 0 radical (unpaired) electrons. The number of anilines is 1. The highest BCUT2D eigenvalue weighted by atomic mass is 16.2. The van der Waals surface area contributed by atoms with Crippen LogP contribution in [0.15, 0.2) is 30.3 Å². The predicted molar refractivity (Wildman–Crippen MR) is 105 cm³/mol. The van der Waals surface area contributed by atoms with Crippen molar-refractivity contribution in [2.45, 2.75) is 40.0 Å². The molecule has 5 nitrogen and oxygen atoms in total. The zero-order valence-electron chi connectivity index (χ0n) is 16.2. The number of carbonyl (C=O) groups is 1. The third kappa shape index (κ3) is 4.03.